The molecule has 0 amide bonds. The first-order chi connectivity index (χ1) is 5.96. The van der Waals surface area contributed by atoms with Crippen molar-refractivity contribution in [3.63, 3.8) is 0 Å². The van der Waals surface area contributed by atoms with E-state index in [0.717, 1.165) is 6.54 Å². The summed E-state index contributed by atoms with van der Waals surface area (Å²) in [5.74, 6) is -0.238. The van der Waals surface area contributed by atoms with Gasteiger partial charge in [0.15, 0.2) is 0 Å². The number of esters is 1. The van der Waals surface area contributed by atoms with Gasteiger partial charge in [-0.15, -0.1) is 0 Å². The maximum absolute atomic E-state index is 11.2. The molecule has 1 N–H and O–H groups in total. The Morgan fingerprint density at radius 3 is 2.69 bits per heavy atom. The smallest absolute Gasteiger partial charge is 0.322 e. The molecule has 4 heteroatoms. The molecule has 0 aromatic rings. The highest BCUT2D eigenvalue weighted by Gasteiger charge is 2.35. The van der Waals surface area contributed by atoms with Crippen molar-refractivity contribution in [3.05, 3.63) is 0 Å². The number of rotatable bonds is 2. The first kappa shape index (κ1) is 10.5. The Labute approximate surface area is 78.5 Å². The summed E-state index contributed by atoms with van der Waals surface area (Å²) in [5, 5.41) is 9.67. The Morgan fingerprint density at radius 2 is 2.31 bits per heavy atom. The zero-order chi connectivity index (χ0) is 10.1. The van der Waals surface area contributed by atoms with Crippen molar-refractivity contribution in [2.45, 2.75) is 31.9 Å². The summed E-state index contributed by atoms with van der Waals surface area (Å²) in [6, 6.07) is -0.251. The van der Waals surface area contributed by atoms with Crippen LogP contribution in [0.15, 0.2) is 0 Å². The van der Waals surface area contributed by atoms with Crippen LogP contribution in [0.3, 0.4) is 0 Å². The van der Waals surface area contributed by atoms with E-state index in [1.54, 1.807) is 13.8 Å². The number of likely N-dealkylation sites (tertiary alicyclic amines) is 1. The van der Waals surface area contributed by atoms with E-state index in [1.165, 1.54) is 7.11 Å². The van der Waals surface area contributed by atoms with Gasteiger partial charge in [-0.25, -0.2) is 0 Å². The molecule has 1 heterocycles. The van der Waals surface area contributed by atoms with Crippen LogP contribution in [0, 0.1) is 0 Å². The summed E-state index contributed by atoms with van der Waals surface area (Å²) in [5.41, 5.74) is -0.651. The normalized spacial score (nSPS) is 31.7. The van der Waals surface area contributed by atoms with Gasteiger partial charge in [-0.3, -0.25) is 9.69 Å². The number of hydrogen-bond donors (Lipinski definition) is 1. The molecule has 0 bridgehead atoms. The van der Waals surface area contributed by atoms with Gasteiger partial charge in [0.05, 0.1) is 12.7 Å². The molecular formula is C9H17NO3. The molecule has 0 spiro atoms. The largest absolute Gasteiger partial charge is 0.468 e. The summed E-state index contributed by atoms with van der Waals surface area (Å²) < 4.78 is 4.63. The zero-order valence-corrected chi connectivity index (χ0v) is 8.41. The van der Waals surface area contributed by atoms with E-state index in [2.05, 4.69) is 4.74 Å². The minimum atomic E-state index is -0.651. The third-order valence-corrected chi connectivity index (χ3v) is 2.57. The number of ether oxygens (including phenoxy) is 1. The topological polar surface area (TPSA) is 49.8 Å². The fraction of sp³-hybridized carbons (Fsp3) is 0.889. The van der Waals surface area contributed by atoms with Crippen LogP contribution in [-0.2, 0) is 9.53 Å². The second-order valence-corrected chi connectivity index (χ2v) is 3.92. The second kappa shape index (κ2) is 3.64. The van der Waals surface area contributed by atoms with Gasteiger partial charge in [0.1, 0.15) is 6.04 Å². The minimum Gasteiger partial charge on any atom is -0.468 e. The summed E-state index contributed by atoms with van der Waals surface area (Å²) in [6.07, 6.45) is 0.717. The van der Waals surface area contributed by atoms with Crippen molar-refractivity contribution in [1.82, 2.24) is 4.90 Å². The lowest BCUT2D eigenvalue weighted by molar-refractivity contribution is -0.146. The molecule has 1 fully saturated rings. The van der Waals surface area contributed by atoms with E-state index in [9.17, 15) is 9.90 Å². The number of methoxy groups -OCH3 is 1. The molecule has 2 unspecified atom stereocenters. The number of hydrogen-bond acceptors (Lipinski definition) is 4. The van der Waals surface area contributed by atoms with Gasteiger partial charge in [0.2, 0.25) is 0 Å². The van der Waals surface area contributed by atoms with Crippen molar-refractivity contribution >= 4 is 5.97 Å². The van der Waals surface area contributed by atoms with Crippen molar-refractivity contribution < 1.29 is 14.6 Å². The maximum atomic E-state index is 11.2. The number of aliphatic hydroxyl groups is 1. The zero-order valence-electron chi connectivity index (χ0n) is 8.41. The highest BCUT2D eigenvalue weighted by atomic mass is 16.5. The second-order valence-electron chi connectivity index (χ2n) is 3.92. The number of nitrogens with zero attached hydrogens (tertiary/aromatic N) is 1. The fourth-order valence-corrected chi connectivity index (χ4v) is 1.63. The summed E-state index contributed by atoms with van der Waals surface area (Å²) >= 11 is 0. The predicted octanol–water partition coefficient (Wildman–Crippen LogP) is 0.00460. The van der Waals surface area contributed by atoms with Crippen LogP contribution in [-0.4, -0.2) is 47.8 Å². The lowest BCUT2D eigenvalue weighted by atomic mass is 10.1. The SMILES string of the molecule is COC(=O)C(C)N1CCC(C)(O)C1. The summed E-state index contributed by atoms with van der Waals surface area (Å²) in [6.45, 7) is 4.89. The highest BCUT2D eigenvalue weighted by molar-refractivity contribution is 5.75. The van der Waals surface area contributed by atoms with E-state index in [4.69, 9.17) is 0 Å². The Balaban J connectivity index is 2.51. The molecule has 0 radical (unpaired) electrons. The molecule has 1 aliphatic heterocycles. The number of β-amino-alcohol motifs (C(OH)–C–C–N with tert-alkyl or cyclic N) is 1. The summed E-state index contributed by atoms with van der Waals surface area (Å²) in [7, 11) is 1.38. The standard InChI is InChI=1S/C9H17NO3/c1-7(8(11)13-3)10-5-4-9(2,12)6-10/h7,12H,4-6H2,1-3H3. The Hall–Kier alpha value is -0.610. The van der Waals surface area contributed by atoms with Gasteiger partial charge in [-0.05, 0) is 20.3 Å². The monoisotopic (exact) mass is 187 g/mol. The third kappa shape index (κ3) is 2.42. The molecule has 1 saturated heterocycles. The van der Waals surface area contributed by atoms with E-state index < -0.39 is 5.60 Å². The van der Waals surface area contributed by atoms with Crippen LogP contribution in [0.2, 0.25) is 0 Å². The average molecular weight is 187 g/mol. The average Bonchev–Trinajstić information content (AvgIpc) is 2.43. The number of carbonyl (C=O) groups excluding carboxylic acids is 1. The van der Waals surface area contributed by atoms with Crippen molar-refractivity contribution in [2.75, 3.05) is 20.2 Å². The molecule has 1 aliphatic rings. The molecule has 0 aliphatic carbocycles. The van der Waals surface area contributed by atoms with Crippen LogP contribution < -0.4 is 0 Å². The van der Waals surface area contributed by atoms with Gasteiger partial charge < -0.3 is 9.84 Å². The molecule has 1 rings (SSSR count). The van der Waals surface area contributed by atoms with E-state index in [0.29, 0.717) is 13.0 Å². The molecule has 4 nitrogen and oxygen atoms in total. The quantitative estimate of drug-likeness (QED) is 0.618. The first-order valence-corrected chi connectivity index (χ1v) is 4.50. The van der Waals surface area contributed by atoms with E-state index >= 15 is 0 Å². The molecule has 2 atom stereocenters. The van der Waals surface area contributed by atoms with Gasteiger partial charge in [-0.1, -0.05) is 0 Å². The van der Waals surface area contributed by atoms with Gasteiger partial charge in [0.25, 0.3) is 0 Å². The van der Waals surface area contributed by atoms with Crippen LogP contribution in [0.25, 0.3) is 0 Å². The predicted molar refractivity (Wildman–Crippen MR) is 48.3 cm³/mol. The van der Waals surface area contributed by atoms with Crippen LogP contribution in [0.1, 0.15) is 20.3 Å². The van der Waals surface area contributed by atoms with Crippen LogP contribution >= 0.6 is 0 Å². The van der Waals surface area contributed by atoms with Crippen molar-refractivity contribution in [2.24, 2.45) is 0 Å². The maximum Gasteiger partial charge on any atom is 0.322 e. The highest BCUT2D eigenvalue weighted by Crippen LogP contribution is 2.22. The Morgan fingerprint density at radius 1 is 1.69 bits per heavy atom. The molecule has 0 aromatic carbocycles. The lowest BCUT2D eigenvalue weighted by Gasteiger charge is -2.23. The Kier molecular flexibility index (Phi) is 2.93. The van der Waals surface area contributed by atoms with Crippen LogP contribution in [0.4, 0.5) is 0 Å². The fourth-order valence-electron chi connectivity index (χ4n) is 1.63. The molecule has 76 valence electrons. The van der Waals surface area contributed by atoms with Crippen molar-refractivity contribution in [3.8, 4) is 0 Å². The van der Waals surface area contributed by atoms with Crippen molar-refractivity contribution in [1.29, 1.82) is 0 Å². The first-order valence-electron chi connectivity index (χ1n) is 4.50. The lowest BCUT2D eigenvalue weighted by Crippen LogP contribution is -2.40. The molecule has 0 aromatic heterocycles. The summed E-state index contributed by atoms with van der Waals surface area (Å²) in [4.78, 5) is 13.1. The van der Waals surface area contributed by atoms with E-state index in [-0.39, 0.29) is 12.0 Å². The van der Waals surface area contributed by atoms with Crippen LogP contribution in [0.5, 0.6) is 0 Å². The van der Waals surface area contributed by atoms with Gasteiger partial charge in [-0.2, -0.15) is 0 Å². The third-order valence-electron chi connectivity index (χ3n) is 2.57. The van der Waals surface area contributed by atoms with E-state index in [1.807, 2.05) is 4.90 Å². The van der Waals surface area contributed by atoms with Gasteiger partial charge >= 0.3 is 5.97 Å². The van der Waals surface area contributed by atoms with Gasteiger partial charge in [0, 0.05) is 13.1 Å². The minimum absolute atomic E-state index is 0.238. The molecular weight excluding hydrogens is 170 g/mol. The molecule has 0 saturated carbocycles. The number of carbonyl (C=O) groups is 1. The Bertz CT molecular complexity index is 203. The molecule has 13 heavy (non-hydrogen) atoms.